The molecule has 0 aliphatic heterocycles. The van der Waals surface area contributed by atoms with Crippen LogP contribution < -0.4 is 5.56 Å². The van der Waals surface area contributed by atoms with E-state index in [-0.39, 0.29) is 5.56 Å². The average Bonchev–Trinajstić information content (AvgIpc) is 3.08. The molecule has 0 amide bonds. The Morgan fingerprint density at radius 3 is 2.88 bits per heavy atom. The van der Waals surface area contributed by atoms with Gasteiger partial charge in [-0.05, 0) is 32.1 Å². The van der Waals surface area contributed by atoms with Crippen molar-refractivity contribution in [1.29, 1.82) is 0 Å². The number of aryl methyl sites for hydroxylation is 2. The fourth-order valence-corrected chi connectivity index (χ4v) is 2.10. The lowest BCUT2D eigenvalue weighted by Gasteiger charge is -2.08. The molecule has 16 heavy (non-hydrogen) atoms. The molecule has 1 fully saturated rings. The van der Waals surface area contributed by atoms with Crippen LogP contribution in [0.5, 0.6) is 0 Å². The third-order valence-electron chi connectivity index (χ3n) is 3.41. The van der Waals surface area contributed by atoms with Crippen LogP contribution in [0.25, 0.3) is 0 Å². The van der Waals surface area contributed by atoms with E-state index in [9.17, 15) is 4.79 Å². The van der Waals surface area contributed by atoms with E-state index in [0.29, 0.717) is 0 Å². The van der Waals surface area contributed by atoms with Gasteiger partial charge in [-0.3, -0.25) is 9.36 Å². The second kappa shape index (κ2) is 4.81. The van der Waals surface area contributed by atoms with Crippen molar-refractivity contribution in [3.05, 3.63) is 27.9 Å². The fraction of sp³-hybridized carbons (Fsp3) is 0.692. The van der Waals surface area contributed by atoms with Gasteiger partial charge in [-0.2, -0.15) is 0 Å². The maximum atomic E-state index is 12.0. The minimum Gasteiger partial charge on any atom is -0.299 e. The lowest BCUT2D eigenvalue weighted by atomic mass is 10.2. The van der Waals surface area contributed by atoms with Gasteiger partial charge in [0.1, 0.15) is 0 Å². The molecule has 2 rings (SSSR count). The van der Waals surface area contributed by atoms with Gasteiger partial charge in [0.15, 0.2) is 0 Å². The molecule has 1 heterocycles. The summed E-state index contributed by atoms with van der Waals surface area (Å²) in [5, 5.41) is 0. The van der Waals surface area contributed by atoms with Gasteiger partial charge in [-0.15, -0.1) is 0 Å². The highest BCUT2D eigenvalue weighted by Gasteiger charge is 2.20. The van der Waals surface area contributed by atoms with Gasteiger partial charge in [-0.1, -0.05) is 19.8 Å². The van der Waals surface area contributed by atoms with Crippen LogP contribution in [-0.2, 0) is 13.0 Å². The summed E-state index contributed by atoms with van der Waals surface area (Å²) in [4.78, 5) is 16.3. The molecule has 0 aromatic carbocycles. The summed E-state index contributed by atoms with van der Waals surface area (Å²) in [7, 11) is 0. The maximum absolute atomic E-state index is 12.0. The summed E-state index contributed by atoms with van der Waals surface area (Å²) in [6.07, 6.45) is 7.70. The van der Waals surface area contributed by atoms with E-state index in [1.165, 1.54) is 19.3 Å². The van der Waals surface area contributed by atoms with Crippen LogP contribution in [0.3, 0.4) is 0 Å². The Kier molecular flexibility index (Phi) is 3.42. The Morgan fingerprint density at radius 1 is 1.50 bits per heavy atom. The number of rotatable bonds is 5. The molecule has 3 nitrogen and oxygen atoms in total. The van der Waals surface area contributed by atoms with Gasteiger partial charge in [0.05, 0.1) is 12.0 Å². The van der Waals surface area contributed by atoms with Gasteiger partial charge in [-0.25, -0.2) is 4.98 Å². The van der Waals surface area contributed by atoms with E-state index < -0.39 is 0 Å². The van der Waals surface area contributed by atoms with Crippen LogP contribution in [0.4, 0.5) is 0 Å². The maximum Gasteiger partial charge on any atom is 0.256 e. The molecule has 0 bridgehead atoms. The number of hydrogen-bond donors (Lipinski definition) is 0. The number of aromatic nitrogens is 2. The first kappa shape index (κ1) is 11.4. The van der Waals surface area contributed by atoms with E-state index in [2.05, 4.69) is 4.98 Å². The van der Waals surface area contributed by atoms with E-state index in [1.54, 1.807) is 10.9 Å². The van der Waals surface area contributed by atoms with E-state index in [1.807, 2.05) is 13.8 Å². The highest BCUT2D eigenvalue weighted by molar-refractivity contribution is 5.14. The first-order valence-electron chi connectivity index (χ1n) is 6.27. The Bertz CT molecular complexity index is 418. The average molecular weight is 220 g/mol. The van der Waals surface area contributed by atoms with E-state index >= 15 is 0 Å². The van der Waals surface area contributed by atoms with Gasteiger partial charge in [0.2, 0.25) is 0 Å². The second-order valence-electron chi connectivity index (χ2n) is 4.75. The van der Waals surface area contributed by atoms with Gasteiger partial charge in [0, 0.05) is 12.1 Å². The number of hydrogen-bond acceptors (Lipinski definition) is 2. The quantitative estimate of drug-likeness (QED) is 0.763. The third-order valence-corrected chi connectivity index (χ3v) is 3.41. The molecule has 0 radical (unpaired) electrons. The Balaban J connectivity index is 2.02. The van der Waals surface area contributed by atoms with Crippen molar-refractivity contribution in [1.82, 2.24) is 9.55 Å². The van der Waals surface area contributed by atoms with Crippen LogP contribution in [0, 0.1) is 12.8 Å². The van der Waals surface area contributed by atoms with Crippen molar-refractivity contribution in [2.45, 2.75) is 52.5 Å². The summed E-state index contributed by atoms with van der Waals surface area (Å²) in [5.41, 5.74) is 1.89. The van der Waals surface area contributed by atoms with Crippen molar-refractivity contribution in [3.63, 3.8) is 0 Å². The Labute approximate surface area is 96.5 Å². The molecule has 1 aliphatic carbocycles. The fourth-order valence-electron chi connectivity index (χ4n) is 2.10. The Morgan fingerprint density at radius 2 is 2.25 bits per heavy atom. The van der Waals surface area contributed by atoms with Crippen molar-refractivity contribution >= 4 is 0 Å². The van der Waals surface area contributed by atoms with Crippen LogP contribution in [0.1, 0.15) is 43.9 Å². The SMILES string of the molecule is CCc1ncn(CCCC2CC2)c(=O)c1C. The minimum absolute atomic E-state index is 0.141. The summed E-state index contributed by atoms with van der Waals surface area (Å²) in [6.45, 7) is 4.74. The van der Waals surface area contributed by atoms with Gasteiger partial charge >= 0.3 is 0 Å². The summed E-state index contributed by atoms with van der Waals surface area (Å²) in [6, 6.07) is 0. The monoisotopic (exact) mass is 220 g/mol. The molecule has 0 saturated heterocycles. The van der Waals surface area contributed by atoms with Crippen LogP contribution in [-0.4, -0.2) is 9.55 Å². The second-order valence-corrected chi connectivity index (χ2v) is 4.75. The molecule has 3 heteroatoms. The Hall–Kier alpha value is -1.12. The minimum atomic E-state index is 0.141. The smallest absolute Gasteiger partial charge is 0.256 e. The van der Waals surface area contributed by atoms with E-state index in [4.69, 9.17) is 0 Å². The largest absolute Gasteiger partial charge is 0.299 e. The van der Waals surface area contributed by atoms with Gasteiger partial charge in [0.25, 0.3) is 5.56 Å². The summed E-state index contributed by atoms with van der Waals surface area (Å²) in [5.74, 6) is 0.944. The van der Waals surface area contributed by atoms with Gasteiger partial charge < -0.3 is 0 Å². The summed E-state index contributed by atoms with van der Waals surface area (Å²) >= 11 is 0. The molecule has 1 aromatic rings. The van der Waals surface area contributed by atoms with Crippen LogP contribution in [0.15, 0.2) is 11.1 Å². The lowest BCUT2D eigenvalue weighted by Crippen LogP contribution is -2.24. The molecule has 0 atom stereocenters. The molecule has 1 aromatic heterocycles. The zero-order valence-corrected chi connectivity index (χ0v) is 10.2. The van der Waals surface area contributed by atoms with Crippen molar-refractivity contribution < 1.29 is 0 Å². The molecular weight excluding hydrogens is 200 g/mol. The zero-order valence-electron chi connectivity index (χ0n) is 10.2. The molecule has 1 aliphatic rings. The standard InChI is InChI=1S/C13H20N2O/c1-3-12-10(2)13(16)15(9-14-12)8-4-5-11-6-7-11/h9,11H,3-8H2,1-2H3. The van der Waals surface area contributed by atoms with Crippen molar-refractivity contribution in [3.8, 4) is 0 Å². The lowest BCUT2D eigenvalue weighted by molar-refractivity contribution is 0.554. The predicted octanol–water partition coefficient (Wildman–Crippen LogP) is 2.30. The topological polar surface area (TPSA) is 34.9 Å². The van der Waals surface area contributed by atoms with Crippen LogP contribution in [0.2, 0.25) is 0 Å². The summed E-state index contributed by atoms with van der Waals surface area (Å²) < 4.78 is 1.76. The first-order chi connectivity index (χ1) is 7.72. The molecule has 1 saturated carbocycles. The van der Waals surface area contributed by atoms with Crippen LogP contribution >= 0.6 is 0 Å². The molecule has 0 spiro atoms. The molecule has 0 unspecified atom stereocenters. The highest BCUT2D eigenvalue weighted by Crippen LogP contribution is 2.33. The van der Waals surface area contributed by atoms with E-state index in [0.717, 1.165) is 36.6 Å². The normalized spacial score (nSPS) is 15.4. The van der Waals surface area contributed by atoms with Crippen molar-refractivity contribution in [2.75, 3.05) is 0 Å². The van der Waals surface area contributed by atoms with Crippen molar-refractivity contribution in [2.24, 2.45) is 5.92 Å². The zero-order chi connectivity index (χ0) is 11.5. The number of nitrogens with zero attached hydrogens (tertiary/aromatic N) is 2. The predicted molar refractivity (Wildman–Crippen MR) is 64.6 cm³/mol. The third kappa shape index (κ3) is 2.52. The first-order valence-corrected chi connectivity index (χ1v) is 6.27. The molecule has 0 N–H and O–H groups in total. The molecule has 88 valence electrons. The highest BCUT2D eigenvalue weighted by atomic mass is 16.1. The molecular formula is C13H20N2O.